The smallest absolute Gasteiger partial charge is 0.234 e. The van der Waals surface area contributed by atoms with Crippen molar-refractivity contribution < 1.29 is 4.79 Å². The average Bonchev–Trinajstić information content (AvgIpc) is 2.58. The first-order valence-electron chi connectivity index (χ1n) is 7.74. The second-order valence-electron chi connectivity index (χ2n) is 5.64. The number of amides is 1. The van der Waals surface area contributed by atoms with Gasteiger partial charge in [-0.15, -0.1) is 11.8 Å². The highest BCUT2D eigenvalue weighted by molar-refractivity contribution is 7.99. The Morgan fingerprint density at radius 1 is 1.08 bits per heavy atom. The van der Waals surface area contributed by atoms with E-state index in [0.29, 0.717) is 10.8 Å². The van der Waals surface area contributed by atoms with E-state index in [1.165, 1.54) is 16.3 Å². The summed E-state index contributed by atoms with van der Waals surface area (Å²) in [5.74, 6) is 1.24. The fraction of sp³-hybridized carbons (Fsp3) is 0.150. The van der Waals surface area contributed by atoms with Gasteiger partial charge in [0.1, 0.15) is 0 Å². The molecule has 4 heteroatoms. The van der Waals surface area contributed by atoms with Crippen molar-refractivity contribution in [2.24, 2.45) is 0 Å². The summed E-state index contributed by atoms with van der Waals surface area (Å²) in [6.45, 7) is 1.94. The van der Waals surface area contributed by atoms with Gasteiger partial charge in [0.05, 0.1) is 5.75 Å². The van der Waals surface area contributed by atoms with Crippen molar-refractivity contribution in [2.75, 3.05) is 11.1 Å². The number of carbonyl (C=O) groups excluding carboxylic acids is 1. The first-order valence-corrected chi connectivity index (χ1v) is 9.27. The molecule has 0 radical (unpaired) electrons. The summed E-state index contributed by atoms with van der Waals surface area (Å²) < 4.78 is 0. The quantitative estimate of drug-likeness (QED) is 0.638. The Kier molecular flexibility index (Phi) is 5.44. The second-order valence-corrected chi connectivity index (χ2v) is 7.06. The molecule has 0 spiro atoms. The van der Waals surface area contributed by atoms with Crippen LogP contribution in [0.2, 0.25) is 5.02 Å². The van der Waals surface area contributed by atoms with Crippen LogP contribution in [0.15, 0.2) is 60.7 Å². The molecule has 1 amide bonds. The zero-order valence-electron chi connectivity index (χ0n) is 13.4. The molecule has 1 N–H and O–H groups in total. The third-order valence-electron chi connectivity index (χ3n) is 3.83. The third kappa shape index (κ3) is 4.11. The van der Waals surface area contributed by atoms with E-state index in [4.69, 9.17) is 11.6 Å². The average molecular weight is 356 g/mol. The zero-order valence-corrected chi connectivity index (χ0v) is 15.0. The minimum Gasteiger partial charge on any atom is -0.325 e. The molecule has 0 atom stereocenters. The van der Waals surface area contributed by atoms with Gasteiger partial charge in [0, 0.05) is 16.5 Å². The predicted molar refractivity (Wildman–Crippen MR) is 105 cm³/mol. The summed E-state index contributed by atoms with van der Waals surface area (Å²) in [6.07, 6.45) is 0. The highest BCUT2D eigenvalue weighted by Crippen LogP contribution is 2.23. The zero-order chi connectivity index (χ0) is 16.9. The van der Waals surface area contributed by atoms with Crippen LogP contribution < -0.4 is 5.32 Å². The largest absolute Gasteiger partial charge is 0.325 e. The van der Waals surface area contributed by atoms with E-state index in [1.807, 2.05) is 31.2 Å². The Labute approximate surface area is 151 Å². The Balaban J connectivity index is 1.58. The van der Waals surface area contributed by atoms with Gasteiger partial charge in [-0.1, -0.05) is 54.1 Å². The maximum absolute atomic E-state index is 12.1. The van der Waals surface area contributed by atoms with E-state index in [2.05, 4.69) is 35.6 Å². The lowest BCUT2D eigenvalue weighted by molar-refractivity contribution is -0.113. The number of rotatable bonds is 5. The number of aryl methyl sites for hydroxylation is 1. The van der Waals surface area contributed by atoms with Crippen LogP contribution in [0.4, 0.5) is 5.69 Å². The lowest BCUT2D eigenvalue weighted by Gasteiger charge is -2.09. The molecule has 3 aromatic carbocycles. The number of hydrogen-bond acceptors (Lipinski definition) is 2. The Morgan fingerprint density at radius 3 is 2.71 bits per heavy atom. The SMILES string of the molecule is Cc1cc(Cl)ccc1NC(=O)CSCc1cccc2ccccc12. The summed E-state index contributed by atoms with van der Waals surface area (Å²) in [7, 11) is 0. The van der Waals surface area contributed by atoms with E-state index < -0.39 is 0 Å². The van der Waals surface area contributed by atoms with Crippen LogP contribution in [0, 0.1) is 6.92 Å². The van der Waals surface area contributed by atoms with Gasteiger partial charge in [0.2, 0.25) is 5.91 Å². The summed E-state index contributed by atoms with van der Waals surface area (Å²) in [5, 5.41) is 6.10. The number of thioether (sulfide) groups is 1. The lowest BCUT2D eigenvalue weighted by Crippen LogP contribution is -2.15. The van der Waals surface area contributed by atoms with Crippen LogP contribution >= 0.6 is 23.4 Å². The number of fused-ring (bicyclic) bond motifs is 1. The van der Waals surface area contributed by atoms with Gasteiger partial charge in [-0.3, -0.25) is 4.79 Å². The molecule has 122 valence electrons. The number of anilines is 1. The minimum atomic E-state index is 0.00524. The number of carbonyl (C=O) groups is 1. The van der Waals surface area contributed by atoms with Crippen LogP contribution in [0.5, 0.6) is 0 Å². The summed E-state index contributed by atoms with van der Waals surface area (Å²) >= 11 is 7.56. The summed E-state index contributed by atoms with van der Waals surface area (Å²) in [5.41, 5.74) is 3.04. The first-order chi connectivity index (χ1) is 11.6. The van der Waals surface area contributed by atoms with Crippen molar-refractivity contribution in [3.63, 3.8) is 0 Å². The summed E-state index contributed by atoms with van der Waals surface area (Å²) in [4.78, 5) is 12.1. The number of benzene rings is 3. The second kappa shape index (κ2) is 7.73. The van der Waals surface area contributed by atoms with Gasteiger partial charge in [-0.2, -0.15) is 0 Å². The van der Waals surface area contributed by atoms with Crippen LogP contribution in [-0.4, -0.2) is 11.7 Å². The van der Waals surface area contributed by atoms with Crippen molar-refractivity contribution >= 4 is 45.7 Å². The van der Waals surface area contributed by atoms with Crippen molar-refractivity contribution in [3.8, 4) is 0 Å². The van der Waals surface area contributed by atoms with Crippen LogP contribution in [0.25, 0.3) is 10.8 Å². The Morgan fingerprint density at radius 2 is 1.88 bits per heavy atom. The van der Waals surface area contributed by atoms with Gasteiger partial charge >= 0.3 is 0 Å². The molecule has 3 aromatic rings. The van der Waals surface area contributed by atoms with E-state index in [9.17, 15) is 4.79 Å². The fourth-order valence-corrected chi connectivity index (χ4v) is 3.68. The molecule has 24 heavy (non-hydrogen) atoms. The Hall–Kier alpha value is -1.97. The molecular formula is C20H18ClNOS. The number of halogens is 1. The van der Waals surface area contributed by atoms with Gasteiger partial charge in [-0.05, 0) is 47.0 Å². The fourth-order valence-electron chi connectivity index (χ4n) is 2.63. The van der Waals surface area contributed by atoms with E-state index in [-0.39, 0.29) is 5.91 Å². The molecule has 3 rings (SSSR count). The van der Waals surface area contributed by atoms with Crippen molar-refractivity contribution in [3.05, 3.63) is 76.8 Å². The minimum absolute atomic E-state index is 0.00524. The van der Waals surface area contributed by atoms with Crippen LogP contribution in [-0.2, 0) is 10.5 Å². The van der Waals surface area contributed by atoms with E-state index in [1.54, 1.807) is 17.8 Å². The Bertz CT molecular complexity index is 873. The normalized spacial score (nSPS) is 10.8. The molecule has 0 saturated carbocycles. The molecule has 0 fully saturated rings. The summed E-state index contributed by atoms with van der Waals surface area (Å²) in [6, 6.07) is 20.1. The van der Waals surface area contributed by atoms with Crippen LogP contribution in [0.1, 0.15) is 11.1 Å². The molecule has 0 heterocycles. The van der Waals surface area contributed by atoms with Gasteiger partial charge in [0.25, 0.3) is 0 Å². The molecule has 0 aliphatic rings. The third-order valence-corrected chi connectivity index (χ3v) is 5.05. The number of nitrogens with one attached hydrogen (secondary N) is 1. The highest BCUT2D eigenvalue weighted by Gasteiger charge is 2.07. The predicted octanol–water partition coefficient (Wildman–Crippen LogP) is 5.67. The van der Waals surface area contributed by atoms with Gasteiger partial charge in [-0.25, -0.2) is 0 Å². The van der Waals surface area contributed by atoms with E-state index >= 15 is 0 Å². The standard InChI is InChI=1S/C20H18ClNOS/c1-14-11-17(21)9-10-19(14)22-20(23)13-24-12-16-7-4-6-15-5-2-3-8-18(15)16/h2-11H,12-13H2,1H3,(H,22,23). The molecule has 0 unspecified atom stereocenters. The van der Waals surface area contributed by atoms with Gasteiger partial charge < -0.3 is 5.32 Å². The molecular weight excluding hydrogens is 338 g/mol. The molecule has 0 aromatic heterocycles. The monoisotopic (exact) mass is 355 g/mol. The molecule has 0 aliphatic heterocycles. The molecule has 0 saturated heterocycles. The lowest BCUT2D eigenvalue weighted by atomic mass is 10.1. The molecule has 2 nitrogen and oxygen atoms in total. The molecule has 0 bridgehead atoms. The first kappa shape index (κ1) is 16.9. The van der Waals surface area contributed by atoms with Crippen molar-refractivity contribution in [1.29, 1.82) is 0 Å². The van der Waals surface area contributed by atoms with E-state index in [0.717, 1.165) is 17.0 Å². The number of hydrogen-bond donors (Lipinski definition) is 1. The topological polar surface area (TPSA) is 29.1 Å². The van der Waals surface area contributed by atoms with Crippen molar-refractivity contribution in [1.82, 2.24) is 0 Å². The maximum Gasteiger partial charge on any atom is 0.234 e. The highest BCUT2D eigenvalue weighted by atomic mass is 35.5. The van der Waals surface area contributed by atoms with Crippen LogP contribution in [0.3, 0.4) is 0 Å². The molecule has 0 aliphatic carbocycles. The van der Waals surface area contributed by atoms with Crippen molar-refractivity contribution in [2.45, 2.75) is 12.7 Å². The van der Waals surface area contributed by atoms with Gasteiger partial charge in [0.15, 0.2) is 0 Å². The maximum atomic E-state index is 12.1.